The SMILES string of the molecule is CCC(CC)CNC(=NC)NCCc1ccc(-n2cccn2)cc1.I. The van der Waals surface area contributed by atoms with E-state index in [0.29, 0.717) is 5.92 Å². The number of hydrogen-bond acceptors (Lipinski definition) is 2. The van der Waals surface area contributed by atoms with Crippen molar-refractivity contribution in [2.24, 2.45) is 10.9 Å². The van der Waals surface area contributed by atoms with Crippen LogP contribution in [0.5, 0.6) is 0 Å². The molecule has 6 heteroatoms. The minimum atomic E-state index is 0. The standard InChI is InChI=1S/C19H29N5.HI/c1-4-16(5-2)15-22-19(20-3)21-13-11-17-7-9-18(10-8-17)24-14-6-12-23-24;/h6-10,12,14,16H,4-5,11,13,15H2,1-3H3,(H2,20,21,22);1H. The zero-order chi connectivity index (χ0) is 17.2. The molecule has 1 aromatic heterocycles. The molecule has 0 aliphatic carbocycles. The van der Waals surface area contributed by atoms with Gasteiger partial charge in [-0.05, 0) is 36.1 Å². The van der Waals surface area contributed by atoms with E-state index < -0.39 is 0 Å². The highest BCUT2D eigenvalue weighted by molar-refractivity contribution is 14.0. The summed E-state index contributed by atoms with van der Waals surface area (Å²) in [7, 11) is 1.82. The average Bonchev–Trinajstić information content (AvgIpc) is 3.16. The Morgan fingerprint density at radius 2 is 1.88 bits per heavy atom. The van der Waals surface area contributed by atoms with Gasteiger partial charge in [-0.2, -0.15) is 5.10 Å². The lowest BCUT2D eigenvalue weighted by Crippen LogP contribution is -2.40. The number of halogens is 1. The Hall–Kier alpha value is -1.57. The van der Waals surface area contributed by atoms with Crippen molar-refractivity contribution in [3.8, 4) is 5.69 Å². The average molecular weight is 455 g/mol. The van der Waals surface area contributed by atoms with Gasteiger partial charge in [0, 0.05) is 32.5 Å². The van der Waals surface area contributed by atoms with Gasteiger partial charge in [0.15, 0.2) is 5.96 Å². The second kappa shape index (κ2) is 11.9. The summed E-state index contributed by atoms with van der Waals surface area (Å²) in [5.74, 6) is 1.59. The molecule has 0 aliphatic heterocycles. The number of hydrogen-bond donors (Lipinski definition) is 2. The van der Waals surface area contributed by atoms with E-state index in [-0.39, 0.29) is 24.0 Å². The summed E-state index contributed by atoms with van der Waals surface area (Å²) in [6, 6.07) is 10.4. The van der Waals surface area contributed by atoms with Crippen molar-refractivity contribution in [1.82, 2.24) is 20.4 Å². The van der Waals surface area contributed by atoms with E-state index in [1.807, 2.05) is 24.0 Å². The van der Waals surface area contributed by atoms with Gasteiger partial charge in [-0.3, -0.25) is 4.99 Å². The van der Waals surface area contributed by atoms with Crippen LogP contribution in [-0.4, -0.2) is 35.9 Å². The molecule has 138 valence electrons. The molecule has 0 saturated carbocycles. The Kier molecular flexibility index (Phi) is 10.2. The van der Waals surface area contributed by atoms with Crippen molar-refractivity contribution >= 4 is 29.9 Å². The van der Waals surface area contributed by atoms with E-state index in [1.165, 1.54) is 18.4 Å². The Bertz CT molecular complexity index is 603. The molecule has 5 nitrogen and oxygen atoms in total. The molecule has 0 fully saturated rings. The Balaban J connectivity index is 0.00000312. The van der Waals surface area contributed by atoms with Gasteiger partial charge in [0.25, 0.3) is 0 Å². The first-order valence-corrected chi connectivity index (χ1v) is 8.80. The molecule has 0 amide bonds. The normalized spacial score (nSPS) is 11.3. The molecular weight excluding hydrogens is 425 g/mol. The molecule has 0 radical (unpaired) electrons. The van der Waals surface area contributed by atoms with Gasteiger partial charge >= 0.3 is 0 Å². The quantitative estimate of drug-likeness (QED) is 0.363. The molecule has 1 aromatic carbocycles. The van der Waals surface area contributed by atoms with E-state index in [2.05, 4.69) is 58.8 Å². The summed E-state index contributed by atoms with van der Waals surface area (Å²) in [6.45, 7) is 6.31. The van der Waals surface area contributed by atoms with Crippen LogP contribution >= 0.6 is 24.0 Å². The fourth-order valence-electron chi connectivity index (χ4n) is 2.60. The van der Waals surface area contributed by atoms with Crippen molar-refractivity contribution in [1.29, 1.82) is 0 Å². The summed E-state index contributed by atoms with van der Waals surface area (Å²) in [6.07, 6.45) is 7.10. The number of aliphatic imine (C=N–C) groups is 1. The fraction of sp³-hybridized carbons (Fsp3) is 0.474. The minimum absolute atomic E-state index is 0. The van der Waals surface area contributed by atoms with Gasteiger partial charge in [-0.1, -0.05) is 38.8 Å². The van der Waals surface area contributed by atoms with Gasteiger partial charge in [0.1, 0.15) is 0 Å². The molecule has 2 aromatic rings. The molecule has 0 unspecified atom stereocenters. The highest BCUT2D eigenvalue weighted by Gasteiger charge is 2.04. The lowest BCUT2D eigenvalue weighted by molar-refractivity contribution is 0.481. The number of aromatic nitrogens is 2. The third kappa shape index (κ3) is 7.05. The number of nitrogens with one attached hydrogen (secondary N) is 2. The number of benzene rings is 1. The number of nitrogens with zero attached hydrogens (tertiary/aromatic N) is 3. The van der Waals surface area contributed by atoms with Crippen molar-refractivity contribution in [3.63, 3.8) is 0 Å². The smallest absolute Gasteiger partial charge is 0.190 e. The Labute approximate surface area is 168 Å². The first kappa shape index (κ1) is 21.5. The minimum Gasteiger partial charge on any atom is -0.356 e. The molecular formula is C19H30IN5. The monoisotopic (exact) mass is 455 g/mol. The maximum absolute atomic E-state index is 4.29. The summed E-state index contributed by atoms with van der Waals surface area (Å²) in [4.78, 5) is 4.29. The van der Waals surface area contributed by atoms with Gasteiger partial charge in [0.2, 0.25) is 0 Å². The molecule has 1 heterocycles. The molecule has 0 bridgehead atoms. The maximum Gasteiger partial charge on any atom is 0.190 e. The summed E-state index contributed by atoms with van der Waals surface area (Å²) < 4.78 is 1.87. The third-order valence-corrected chi connectivity index (χ3v) is 4.35. The predicted molar refractivity (Wildman–Crippen MR) is 116 cm³/mol. The van der Waals surface area contributed by atoms with E-state index in [4.69, 9.17) is 0 Å². The first-order chi connectivity index (χ1) is 11.8. The van der Waals surface area contributed by atoms with E-state index in [0.717, 1.165) is 31.2 Å². The van der Waals surface area contributed by atoms with Crippen molar-refractivity contribution in [2.45, 2.75) is 33.1 Å². The highest BCUT2D eigenvalue weighted by atomic mass is 127. The second-order valence-electron chi connectivity index (χ2n) is 5.93. The second-order valence-corrected chi connectivity index (χ2v) is 5.93. The van der Waals surface area contributed by atoms with Crippen LogP contribution in [0.1, 0.15) is 32.3 Å². The summed E-state index contributed by atoms with van der Waals surface area (Å²) in [5, 5.41) is 11.0. The highest BCUT2D eigenvalue weighted by Crippen LogP contribution is 2.09. The van der Waals surface area contributed by atoms with Crippen LogP contribution in [0, 0.1) is 5.92 Å². The fourth-order valence-corrected chi connectivity index (χ4v) is 2.60. The lowest BCUT2D eigenvalue weighted by atomic mass is 10.0. The Morgan fingerprint density at radius 1 is 1.16 bits per heavy atom. The van der Waals surface area contributed by atoms with Gasteiger partial charge in [-0.15, -0.1) is 24.0 Å². The van der Waals surface area contributed by atoms with Gasteiger partial charge in [0.05, 0.1) is 5.69 Å². The van der Waals surface area contributed by atoms with Crippen LogP contribution in [0.2, 0.25) is 0 Å². The number of guanidine groups is 1. The summed E-state index contributed by atoms with van der Waals surface area (Å²) >= 11 is 0. The third-order valence-electron chi connectivity index (χ3n) is 4.35. The van der Waals surface area contributed by atoms with Crippen LogP contribution in [0.25, 0.3) is 5.69 Å². The molecule has 0 saturated heterocycles. The van der Waals surface area contributed by atoms with Gasteiger partial charge < -0.3 is 10.6 Å². The van der Waals surface area contributed by atoms with Crippen LogP contribution < -0.4 is 10.6 Å². The molecule has 2 rings (SSSR count). The van der Waals surface area contributed by atoms with Crippen LogP contribution in [0.4, 0.5) is 0 Å². The van der Waals surface area contributed by atoms with E-state index in [9.17, 15) is 0 Å². The molecule has 25 heavy (non-hydrogen) atoms. The van der Waals surface area contributed by atoms with Crippen LogP contribution in [-0.2, 0) is 6.42 Å². The first-order valence-electron chi connectivity index (χ1n) is 8.80. The van der Waals surface area contributed by atoms with E-state index in [1.54, 1.807) is 6.20 Å². The zero-order valence-electron chi connectivity index (χ0n) is 15.4. The number of rotatable bonds is 8. The lowest BCUT2D eigenvalue weighted by Gasteiger charge is -2.16. The predicted octanol–water partition coefficient (Wildman–Crippen LogP) is 3.63. The van der Waals surface area contributed by atoms with Gasteiger partial charge in [-0.25, -0.2) is 4.68 Å². The molecule has 0 atom stereocenters. The van der Waals surface area contributed by atoms with E-state index >= 15 is 0 Å². The Morgan fingerprint density at radius 3 is 2.44 bits per heavy atom. The topological polar surface area (TPSA) is 54.2 Å². The van der Waals surface area contributed by atoms with Crippen molar-refractivity contribution in [3.05, 3.63) is 48.3 Å². The molecule has 2 N–H and O–H groups in total. The van der Waals surface area contributed by atoms with Crippen molar-refractivity contribution < 1.29 is 0 Å². The van der Waals surface area contributed by atoms with Crippen molar-refractivity contribution in [2.75, 3.05) is 20.1 Å². The largest absolute Gasteiger partial charge is 0.356 e. The zero-order valence-corrected chi connectivity index (χ0v) is 17.7. The maximum atomic E-state index is 4.29. The van der Waals surface area contributed by atoms with Crippen LogP contribution in [0.3, 0.4) is 0 Å². The summed E-state index contributed by atoms with van der Waals surface area (Å²) in [5.41, 5.74) is 2.38. The molecule has 0 aliphatic rings. The van der Waals surface area contributed by atoms with Crippen LogP contribution in [0.15, 0.2) is 47.7 Å². The molecule has 0 spiro atoms.